The first-order valence-corrected chi connectivity index (χ1v) is 16.1. The molecular formula is C41H38N4O. The average Bonchev–Trinajstić information content (AvgIpc) is 3.91. The molecule has 6 aromatic rings. The molecule has 2 unspecified atom stereocenters. The highest BCUT2D eigenvalue weighted by Crippen LogP contribution is 2.50. The minimum Gasteiger partial charge on any atom is -0.457 e. The van der Waals surface area contributed by atoms with Crippen LogP contribution in [0, 0.1) is 11.8 Å². The second kappa shape index (κ2) is 10.2. The molecule has 2 aliphatic carbocycles. The van der Waals surface area contributed by atoms with Gasteiger partial charge in [0.25, 0.3) is 0 Å². The molecule has 3 heterocycles. The van der Waals surface area contributed by atoms with Gasteiger partial charge in [-0.05, 0) is 83.8 Å². The van der Waals surface area contributed by atoms with E-state index in [4.69, 9.17) is 16.6 Å². The van der Waals surface area contributed by atoms with Crippen LogP contribution in [0.15, 0.2) is 127 Å². The molecular weight excluding hydrogens is 564 g/mol. The van der Waals surface area contributed by atoms with Crippen molar-refractivity contribution in [1.29, 1.82) is 0 Å². The summed E-state index contributed by atoms with van der Waals surface area (Å²) < 4.78 is 51.1. The number of anilines is 2. The molecule has 3 aliphatic rings. The van der Waals surface area contributed by atoms with Crippen LogP contribution in [0.2, 0.25) is 0 Å². The molecule has 46 heavy (non-hydrogen) atoms. The highest BCUT2D eigenvalue weighted by Gasteiger charge is 2.54. The average molecular weight is 608 g/mol. The van der Waals surface area contributed by atoms with E-state index in [1.807, 2.05) is 35.4 Å². The third-order valence-electron chi connectivity index (χ3n) is 10.0. The number of benzene rings is 4. The molecule has 5 heteroatoms. The summed E-state index contributed by atoms with van der Waals surface area (Å²) in [5.41, 5.74) is 4.52. The first-order chi connectivity index (χ1) is 24.5. The predicted molar refractivity (Wildman–Crippen MR) is 188 cm³/mol. The number of hydrogen-bond acceptors (Lipinski definition) is 4. The van der Waals surface area contributed by atoms with Crippen molar-refractivity contribution in [3.8, 4) is 17.3 Å². The Labute approximate surface area is 277 Å². The van der Waals surface area contributed by atoms with E-state index in [9.17, 15) is 0 Å². The third kappa shape index (κ3) is 4.33. The normalized spacial score (nSPS) is 23.4. The van der Waals surface area contributed by atoms with Crippen molar-refractivity contribution in [2.24, 2.45) is 11.8 Å². The number of ether oxygens (including phenoxy) is 1. The zero-order valence-corrected chi connectivity index (χ0v) is 26.2. The number of para-hydroxylation sites is 2. The van der Waals surface area contributed by atoms with Crippen LogP contribution in [0.4, 0.5) is 11.4 Å². The van der Waals surface area contributed by atoms with Gasteiger partial charge in [0.1, 0.15) is 17.3 Å². The molecule has 4 atom stereocenters. The fourth-order valence-electron chi connectivity index (χ4n) is 7.94. The van der Waals surface area contributed by atoms with E-state index in [2.05, 4.69) is 97.0 Å². The van der Waals surface area contributed by atoms with E-state index in [1.165, 1.54) is 5.56 Å². The molecule has 0 N–H and O–H groups in total. The Bertz CT molecular complexity index is 2390. The molecule has 228 valence electrons. The van der Waals surface area contributed by atoms with Gasteiger partial charge in [-0.2, -0.15) is 0 Å². The van der Waals surface area contributed by atoms with Crippen LogP contribution in [-0.4, -0.2) is 28.3 Å². The first-order valence-electron chi connectivity index (χ1n) is 18.6. The number of hydrogen-bond donors (Lipinski definition) is 0. The summed E-state index contributed by atoms with van der Waals surface area (Å²) in [6.07, 6.45) is 7.39. The van der Waals surface area contributed by atoms with Crippen LogP contribution in [0.3, 0.4) is 0 Å². The van der Waals surface area contributed by atoms with E-state index in [0.717, 1.165) is 39.7 Å². The summed E-state index contributed by atoms with van der Waals surface area (Å²) in [4.78, 5) is 9.18. The Balaban J connectivity index is 1.08. The summed E-state index contributed by atoms with van der Waals surface area (Å²) in [5, 5.41) is 2.27. The molecule has 0 amide bonds. The highest BCUT2D eigenvalue weighted by atomic mass is 16.5. The summed E-state index contributed by atoms with van der Waals surface area (Å²) in [6, 6.07) is 25.8. The van der Waals surface area contributed by atoms with Gasteiger partial charge in [-0.1, -0.05) is 75.3 Å². The lowest BCUT2D eigenvalue weighted by molar-refractivity contribution is 0.482. The minimum absolute atomic E-state index is 0.00267. The molecule has 1 saturated carbocycles. The second-order valence-corrected chi connectivity index (χ2v) is 13.8. The quantitative estimate of drug-likeness (QED) is 0.183. The number of pyridine rings is 1. The van der Waals surface area contributed by atoms with Crippen LogP contribution in [0.25, 0.3) is 27.6 Å². The van der Waals surface area contributed by atoms with Gasteiger partial charge < -0.3 is 14.5 Å². The number of rotatable bonds is 5. The second-order valence-electron chi connectivity index (χ2n) is 13.8. The summed E-state index contributed by atoms with van der Waals surface area (Å²) in [7, 11) is 0. The number of nitrogens with zero attached hydrogens (tertiary/aromatic N) is 4. The van der Waals surface area contributed by atoms with Gasteiger partial charge >= 0.3 is 0 Å². The monoisotopic (exact) mass is 607 g/mol. The highest BCUT2D eigenvalue weighted by molar-refractivity contribution is 6.09. The predicted octanol–water partition coefficient (Wildman–Crippen LogP) is 9.50. The Kier molecular flexibility index (Phi) is 5.01. The van der Waals surface area contributed by atoms with E-state index in [0.29, 0.717) is 24.1 Å². The maximum atomic E-state index is 8.74. The summed E-state index contributed by atoms with van der Waals surface area (Å²) in [5.74, 6) is 2.82. The maximum Gasteiger partial charge on any atom is 0.137 e. The molecule has 2 fully saturated rings. The fourth-order valence-corrected chi connectivity index (χ4v) is 7.94. The van der Waals surface area contributed by atoms with Crippen LogP contribution in [-0.2, 0) is 5.41 Å². The van der Waals surface area contributed by atoms with Crippen molar-refractivity contribution < 1.29 is 11.6 Å². The van der Waals surface area contributed by atoms with E-state index in [-0.39, 0.29) is 59.3 Å². The molecule has 2 bridgehead atoms. The van der Waals surface area contributed by atoms with E-state index < -0.39 is 0 Å². The minimum atomic E-state index is -0.368. The topological polar surface area (TPSA) is 33.5 Å². The summed E-state index contributed by atoms with van der Waals surface area (Å²) >= 11 is 0. The molecule has 9 rings (SSSR count). The van der Waals surface area contributed by atoms with E-state index >= 15 is 0 Å². The Morgan fingerprint density at radius 2 is 1.48 bits per heavy atom. The third-order valence-corrected chi connectivity index (χ3v) is 10.0. The largest absolute Gasteiger partial charge is 0.457 e. The van der Waals surface area contributed by atoms with Crippen LogP contribution >= 0.6 is 0 Å². The lowest BCUT2D eigenvalue weighted by atomic mass is 9.88. The molecule has 2 aromatic heterocycles. The standard InChI is InChI=1S/C41H38N4O/c1-41(2,3)29-20-21-42-38(23-29)45-36-15-8-7-14-34(36)35-19-18-33(25-37(35)45)46-32-13-9-12-31(24-32)44-26-43(30-10-5-4-6-11-30)39-27-16-17-28(22-27)40(39)44/h4-21,23-25,27-28,39-40H,22,26H2,1-3H3/t27?,28-,39?,40+/m1/s1/i4D,5D,6D,10D,11D. The van der Waals surface area contributed by atoms with Crippen LogP contribution < -0.4 is 14.5 Å². The molecule has 4 aromatic carbocycles. The van der Waals surface area contributed by atoms with Crippen molar-refractivity contribution in [1.82, 2.24) is 9.55 Å². The van der Waals surface area contributed by atoms with Gasteiger partial charge in [0.2, 0.25) is 0 Å². The van der Waals surface area contributed by atoms with Crippen LogP contribution in [0.5, 0.6) is 11.5 Å². The van der Waals surface area contributed by atoms with Gasteiger partial charge in [0.05, 0.1) is 36.6 Å². The van der Waals surface area contributed by atoms with Gasteiger partial charge in [-0.15, -0.1) is 0 Å². The van der Waals surface area contributed by atoms with Gasteiger partial charge in [-0.3, -0.25) is 4.57 Å². The van der Waals surface area contributed by atoms with Crippen molar-refractivity contribution in [3.63, 3.8) is 0 Å². The molecule has 1 saturated heterocycles. The zero-order valence-electron chi connectivity index (χ0n) is 31.2. The SMILES string of the molecule is [2H]c1c([2H])c([2H])c(N2CN(c3cccc(Oc4ccc5c6ccccc6n(-c6cc(C(C)(C)C)ccn6)c5c4)c3)[C@@H]3C2C2C=C[C@@H]3C2)c([2H])c1[2H]. The molecule has 0 radical (unpaired) electrons. The van der Waals surface area contributed by atoms with Gasteiger partial charge in [0, 0.05) is 40.5 Å². The lowest BCUT2D eigenvalue weighted by Crippen LogP contribution is -2.40. The summed E-state index contributed by atoms with van der Waals surface area (Å²) in [6.45, 7) is 7.04. The van der Waals surface area contributed by atoms with Crippen molar-refractivity contribution >= 4 is 33.2 Å². The molecule has 5 nitrogen and oxygen atoms in total. The van der Waals surface area contributed by atoms with Crippen molar-refractivity contribution in [3.05, 3.63) is 133 Å². The smallest absolute Gasteiger partial charge is 0.137 e. The Morgan fingerprint density at radius 3 is 2.28 bits per heavy atom. The van der Waals surface area contributed by atoms with Gasteiger partial charge in [-0.25, -0.2) is 4.98 Å². The zero-order chi connectivity index (χ0) is 35.3. The van der Waals surface area contributed by atoms with Crippen molar-refractivity contribution in [2.45, 2.75) is 44.7 Å². The fraction of sp³-hybridized carbons (Fsp3) is 0.244. The van der Waals surface area contributed by atoms with Crippen molar-refractivity contribution in [2.75, 3.05) is 16.5 Å². The van der Waals surface area contributed by atoms with Gasteiger partial charge in [0.15, 0.2) is 0 Å². The Hall–Kier alpha value is -5.03. The van der Waals surface area contributed by atoms with E-state index in [1.54, 1.807) is 0 Å². The maximum absolute atomic E-state index is 8.74. The number of fused-ring (bicyclic) bond motifs is 8. The Morgan fingerprint density at radius 1 is 0.739 bits per heavy atom. The molecule has 1 aliphatic heterocycles. The lowest BCUT2D eigenvalue weighted by Gasteiger charge is -2.30. The first kappa shape index (κ1) is 22.5. The molecule has 0 spiro atoms. The number of aromatic nitrogens is 2. The van der Waals surface area contributed by atoms with Crippen LogP contribution in [0.1, 0.15) is 39.6 Å².